The summed E-state index contributed by atoms with van der Waals surface area (Å²) < 4.78 is 13.0. The summed E-state index contributed by atoms with van der Waals surface area (Å²) in [6, 6.07) is 5.73. The zero-order valence-electron chi connectivity index (χ0n) is 11.9. The number of imide groups is 1. The van der Waals surface area contributed by atoms with Gasteiger partial charge in [0.1, 0.15) is 12.4 Å². The van der Waals surface area contributed by atoms with E-state index in [0.29, 0.717) is 6.54 Å². The molecule has 1 aromatic rings. The van der Waals surface area contributed by atoms with Crippen LogP contribution in [0.3, 0.4) is 0 Å². The largest absolute Gasteiger partial charge is 0.354 e. The summed E-state index contributed by atoms with van der Waals surface area (Å²) in [6.45, 7) is 0.0803. The van der Waals surface area contributed by atoms with Crippen LogP contribution in [0.2, 0.25) is 0 Å². The SMILES string of the molecule is O=C(CN1C(=O)CNC1=O)NCC1(c2ccc(F)cc2)CC1. The zero-order valence-corrected chi connectivity index (χ0v) is 11.9. The van der Waals surface area contributed by atoms with Crippen molar-refractivity contribution in [1.82, 2.24) is 15.5 Å². The lowest BCUT2D eigenvalue weighted by molar-refractivity contribution is -0.130. The molecule has 3 rings (SSSR count). The second kappa shape index (κ2) is 5.40. The maximum absolute atomic E-state index is 13.0. The van der Waals surface area contributed by atoms with Crippen molar-refractivity contribution in [2.24, 2.45) is 0 Å². The lowest BCUT2D eigenvalue weighted by Crippen LogP contribution is -2.42. The molecule has 7 heteroatoms. The first kappa shape index (κ1) is 14.5. The number of hydrogen-bond donors (Lipinski definition) is 2. The van der Waals surface area contributed by atoms with Crippen molar-refractivity contribution in [1.29, 1.82) is 0 Å². The number of carbonyl (C=O) groups is 3. The molecule has 1 saturated carbocycles. The molecule has 0 bridgehead atoms. The second-order valence-corrected chi connectivity index (χ2v) is 5.70. The molecule has 2 fully saturated rings. The van der Waals surface area contributed by atoms with Gasteiger partial charge in [-0.1, -0.05) is 12.1 Å². The van der Waals surface area contributed by atoms with Crippen LogP contribution in [-0.2, 0) is 15.0 Å². The highest BCUT2D eigenvalue weighted by atomic mass is 19.1. The Bertz CT molecular complexity index is 609. The lowest BCUT2D eigenvalue weighted by Gasteiger charge is -2.18. The molecule has 2 aliphatic rings. The van der Waals surface area contributed by atoms with Crippen molar-refractivity contribution in [3.05, 3.63) is 35.6 Å². The predicted molar refractivity (Wildman–Crippen MR) is 75.4 cm³/mol. The second-order valence-electron chi connectivity index (χ2n) is 5.70. The van der Waals surface area contributed by atoms with E-state index in [1.807, 2.05) is 0 Å². The minimum Gasteiger partial charge on any atom is -0.354 e. The average molecular weight is 305 g/mol. The fourth-order valence-corrected chi connectivity index (χ4v) is 2.60. The van der Waals surface area contributed by atoms with Gasteiger partial charge in [-0.15, -0.1) is 0 Å². The standard InChI is InChI=1S/C15H16FN3O3/c16-11-3-1-10(2-4-11)15(5-6-15)9-18-12(20)8-19-13(21)7-17-14(19)22/h1-4H,5-9H2,(H,17,22)(H,18,20). The van der Waals surface area contributed by atoms with Gasteiger partial charge in [0, 0.05) is 12.0 Å². The van der Waals surface area contributed by atoms with Crippen LogP contribution in [0.1, 0.15) is 18.4 Å². The lowest BCUT2D eigenvalue weighted by atomic mass is 9.96. The molecule has 116 valence electrons. The number of amides is 4. The first-order valence-corrected chi connectivity index (χ1v) is 7.11. The first-order chi connectivity index (χ1) is 10.5. The van der Waals surface area contributed by atoms with Crippen molar-refractivity contribution in [2.75, 3.05) is 19.6 Å². The molecule has 0 spiro atoms. The van der Waals surface area contributed by atoms with Crippen LogP contribution in [0.15, 0.2) is 24.3 Å². The van der Waals surface area contributed by atoms with Crippen molar-refractivity contribution in [2.45, 2.75) is 18.3 Å². The molecule has 1 aliphatic carbocycles. The molecule has 6 nitrogen and oxygen atoms in total. The summed E-state index contributed by atoms with van der Waals surface area (Å²) in [5.41, 5.74) is 0.838. The van der Waals surface area contributed by atoms with Gasteiger partial charge >= 0.3 is 6.03 Å². The molecule has 0 aromatic heterocycles. The Labute approximate surface area is 126 Å². The third kappa shape index (κ3) is 2.79. The van der Waals surface area contributed by atoms with Crippen LogP contribution in [0.4, 0.5) is 9.18 Å². The number of nitrogens with zero attached hydrogens (tertiary/aromatic N) is 1. The van der Waals surface area contributed by atoms with E-state index >= 15 is 0 Å². The number of urea groups is 1. The Morgan fingerprint density at radius 1 is 1.27 bits per heavy atom. The van der Waals surface area contributed by atoms with Crippen LogP contribution in [0.5, 0.6) is 0 Å². The van der Waals surface area contributed by atoms with E-state index in [1.54, 1.807) is 12.1 Å². The van der Waals surface area contributed by atoms with Crippen molar-refractivity contribution in [3.8, 4) is 0 Å². The fourth-order valence-electron chi connectivity index (χ4n) is 2.60. The van der Waals surface area contributed by atoms with Crippen LogP contribution in [0.25, 0.3) is 0 Å². The molecule has 1 aromatic carbocycles. The quantitative estimate of drug-likeness (QED) is 0.779. The fraction of sp³-hybridized carbons (Fsp3) is 0.400. The summed E-state index contributed by atoms with van der Waals surface area (Å²) in [5.74, 6) is -1.07. The molecular weight excluding hydrogens is 289 g/mol. The minimum absolute atomic E-state index is 0.0639. The summed E-state index contributed by atoms with van der Waals surface area (Å²) >= 11 is 0. The molecule has 1 heterocycles. The third-order valence-corrected chi connectivity index (χ3v) is 4.17. The van der Waals surface area contributed by atoms with Crippen LogP contribution < -0.4 is 10.6 Å². The van der Waals surface area contributed by atoms with Gasteiger partial charge in [-0.2, -0.15) is 0 Å². The van der Waals surface area contributed by atoms with E-state index in [0.717, 1.165) is 23.3 Å². The molecule has 4 amide bonds. The monoisotopic (exact) mass is 305 g/mol. The van der Waals surface area contributed by atoms with Crippen LogP contribution in [0, 0.1) is 5.82 Å². The van der Waals surface area contributed by atoms with Gasteiger partial charge in [-0.25, -0.2) is 9.18 Å². The third-order valence-electron chi connectivity index (χ3n) is 4.17. The van der Waals surface area contributed by atoms with E-state index in [1.165, 1.54) is 12.1 Å². The van der Waals surface area contributed by atoms with E-state index in [9.17, 15) is 18.8 Å². The molecule has 1 saturated heterocycles. The maximum atomic E-state index is 13.0. The number of rotatable bonds is 5. The van der Waals surface area contributed by atoms with Crippen molar-refractivity contribution >= 4 is 17.8 Å². The molecule has 0 unspecified atom stereocenters. The smallest absolute Gasteiger partial charge is 0.325 e. The van der Waals surface area contributed by atoms with E-state index < -0.39 is 11.9 Å². The molecule has 22 heavy (non-hydrogen) atoms. The topological polar surface area (TPSA) is 78.5 Å². The highest BCUT2D eigenvalue weighted by Gasteiger charge is 2.44. The van der Waals surface area contributed by atoms with E-state index in [-0.39, 0.29) is 30.2 Å². The van der Waals surface area contributed by atoms with Crippen LogP contribution >= 0.6 is 0 Å². The molecular formula is C15H16FN3O3. The Morgan fingerprint density at radius 2 is 1.95 bits per heavy atom. The number of hydrogen-bond acceptors (Lipinski definition) is 3. The number of carbonyl (C=O) groups excluding carboxylic acids is 3. The van der Waals surface area contributed by atoms with Gasteiger partial charge in [-0.3, -0.25) is 14.5 Å². The van der Waals surface area contributed by atoms with Crippen LogP contribution in [-0.4, -0.2) is 42.4 Å². The summed E-state index contributed by atoms with van der Waals surface area (Å²) in [6.07, 6.45) is 1.84. The number of nitrogens with one attached hydrogen (secondary N) is 2. The van der Waals surface area contributed by atoms with E-state index in [2.05, 4.69) is 10.6 Å². The minimum atomic E-state index is -0.542. The van der Waals surface area contributed by atoms with Gasteiger partial charge in [-0.05, 0) is 30.5 Å². The van der Waals surface area contributed by atoms with Gasteiger partial charge in [0.15, 0.2) is 0 Å². The van der Waals surface area contributed by atoms with Gasteiger partial charge < -0.3 is 10.6 Å². The Hall–Kier alpha value is -2.44. The highest BCUT2D eigenvalue weighted by molar-refractivity contribution is 6.04. The average Bonchev–Trinajstić information content (AvgIpc) is 3.23. The molecule has 2 N–H and O–H groups in total. The van der Waals surface area contributed by atoms with E-state index in [4.69, 9.17) is 0 Å². The predicted octanol–water partition coefficient (Wildman–Crippen LogP) is 0.525. The van der Waals surface area contributed by atoms with Gasteiger partial charge in [0.2, 0.25) is 5.91 Å². The maximum Gasteiger partial charge on any atom is 0.325 e. The van der Waals surface area contributed by atoms with Crippen molar-refractivity contribution < 1.29 is 18.8 Å². The Balaban J connectivity index is 1.56. The summed E-state index contributed by atoms with van der Waals surface area (Å²) in [4.78, 5) is 35.6. The first-order valence-electron chi connectivity index (χ1n) is 7.11. The molecule has 0 radical (unpaired) electrons. The molecule has 1 aliphatic heterocycles. The number of benzene rings is 1. The molecule has 0 atom stereocenters. The normalized spacial score (nSPS) is 19.0. The zero-order chi connectivity index (χ0) is 15.7. The Morgan fingerprint density at radius 3 is 2.50 bits per heavy atom. The van der Waals surface area contributed by atoms with Crippen molar-refractivity contribution in [3.63, 3.8) is 0 Å². The van der Waals surface area contributed by atoms with Gasteiger partial charge in [0.25, 0.3) is 5.91 Å². The van der Waals surface area contributed by atoms with Gasteiger partial charge in [0.05, 0.1) is 6.54 Å². The highest BCUT2D eigenvalue weighted by Crippen LogP contribution is 2.47. The Kier molecular flexibility index (Phi) is 3.56. The number of halogens is 1. The summed E-state index contributed by atoms with van der Waals surface area (Å²) in [7, 11) is 0. The summed E-state index contributed by atoms with van der Waals surface area (Å²) in [5, 5.41) is 5.12.